The first-order chi connectivity index (χ1) is 9.93. The molecule has 2 heterocycles. The second kappa shape index (κ2) is 6.08. The van der Waals surface area contributed by atoms with Crippen LogP contribution in [0.25, 0.3) is 10.6 Å². The molecule has 2 aromatic rings. The molecule has 4 rings (SSSR count). The van der Waals surface area contributed by atoms with E-state index in [-0.39, 0.29) is 17.0 Å². The van der Waals surface area contributed by atoms with Gasteiger partial charge in [-0.2, -0.15) is 0 Å². The van der Waals surface area contributed by atoms with Gasteiger partial charge in [-0.15, -0.1) is 17.0 Å². The summed E-state index contributed by atoms with van der Waals surface area (Å²) in [7, 11) is 0. The first-order valence-corrected chi connectivity index (χ1v) is 7.60. The summed E-state index contributed by atoms with van der Waals surface area (Å²) in [6.45, 7) is 1.89. The molecular weight excluding hydrogens is 344 g/mol. The van der Waals surface area contributed by atoms with Gasteiger partial charge in [-0.25, -0.2) is 0 Å². The molecule has 2 aromatic carbocycles. The molecule has 0 saturated carbocycles. The molecule has 0 radical (unpaired) electrons. The molecule has 0 atom stereocenters. The number of amidine groups is 1. The number of fused-ring (bicyclic) bond motifs is 1. The van der Waals surface area contributed by atoms with Crippen molar-refractivity contribution in [3.8, 4) is 0 Å². The van der Waals surface area contributed by atoms with Crippen molar-refractivity contribution in [1.82, 2.24) is 4.90 Å². The Morgan fingerprint density at radius 2 is 1.48 bits per heavy atom. The minimum atomic E-state index is 0. The number of thioether (sulfide) groups is 1. The lowest BCUT2D eigenvalue weighted by molar-refractivity contribution is 0.651. The maximum atomic E-state index is 4.61. The Morgan fingerprint density at radius 3 is 2.14 bits per heavy atom. The van der Waals surface area contributed by atoms with Gasteiger partial charge in [0.15, 0.2) is 5.17 Å². The molecule has 0 fully saturated rings. The molecule has 2 aliphatic rings. The Labute approximate surface area is 139 Å². The van der Waals surface area contributed by atoms with Gasteiger partial charge >= 0.3 is 0 Å². The van der Waals surface area contributed by atoms with E-state index in [0.717, 1.165) is 18.3 Å². The SMILES string of the molecule is Br.c1ccc(C2=C(c3ccccc3)N3CCN=C3S2)cc1. The molecule has 0 aromatic heterocycles. The highest BCUT2D eigenvalue weighted by Gasteiger charge is 2.33. The lowest BCUT2D eigenvalue weighted by atomic mass is 10.1. The summed E-state index contributed by atoms with van der Waals surface area (Å²) >= 11 is 1.79. The Kier molecular flexibility index (Phi) is 4.17. The molecule has 0 unspecified atom stereocenters. The maximum Gasteiger partial charge on any atom is 0.168 e. The van der Waals surface area contributed by atoms with E-state index >= 15 is 0 Å². The summed E-state index contributed by atoms with van der Waals surface area (Å²) in [6.07, 6.45) is 0. The minimum Gasteiger partial charge on any atom is -0.317 e. The highest BCUT2D eigenvalue weighted by molar-refractivity contribution is 8.93. The van der Waals surface area contributed by atoms with E-state index in [2.05, 4.69) is 70.6 Å². The van der Waals surface area contributed by atoms with Crippen LogP contribution in [0.15, 0.2) is 65.7 Å². The van der Waals surface area contributed by atoms with E-state index in [9.17, 15) is 0 Å². The predicted octanol–water partition coefficient (Wildman–Crippen LogP) is 4.51. The van der Waals surface area contributed by atoms with E-state index in [0.29, 0.717) is 0 Å². The molecule has 0 N–H and O–H groups in total. The van der Waals surface area contributed by atoms with Crippen molar-refractivity contribution in [2.75, 3.05) is 13.1 Å². The number of nitrogens with zero attached hydrogens (tertiary/aromatic N) is 2. The fourth-order valence-corrected chi connectivity index (χ4v) is 3.86. The minimum absolute atomic E-state index is 0. The third kappa shape index (κ3) is 2.54. The van der Waals surface area contributed by atoms with Crippen LogP contribution < -0.4 is 0 Å². The van der Waals surface area contributed by atoms with Gasteiger partial charge in [0.05, 0.1) is 12.2 Å². The molecule has 21 heavy (non-hydrogen) atoms. The van der Waals surface area contributed by atoms with E-state index < -0.39 is 0 Å². The Morgan fingerprint density at radius 1 is 0.857 bits per heavy atom. The van der Waals surface area contributed by atoms with Crippen molar-refractivity contribution in [1.29, 1.82) is 0 Å². The van der Waals surface area contributed by atoms with Crippen LogP contribution in [0, 0.1) is 0 Å². The van der Waals surface area contributed by atoms with E-state index in [1.165, 1.54) is 21.7 Å². The number of rotatable bonds is 2. The molecular formula is C17H15BrN2S. The Balaban J connectivity index is 0.00000132. The maximum absolute atomic E-state index is 4.61. The molecule has 4 heteroatoms. The molecule has 2 aliphatic heterocycles. The molecule has 0 aliphatic carbocycles. The fourth-order valence-electron chi connectivity index (χ4n) is 2.65. The Bertz CT molecular complexity index is 695. The van der Waals surface area contributed by atoms with Gasteiger partial charge in [0.1, 0.15) is 0 Å². The third-order valence-electron chi connectivity index (χ3n) is 3.56. The van der Waals surface area contributed by atoms with Gasteiger partial charge in [0, 0.05) is 11.4 Å². The van der Waals surface area contributed by atoms with E-state index in [4.69, 9.17) is 0 Å². The number of benzene rings is 2. The van der Waals surface area contributed by atoms with E-state index in [1.54, 1.807) is 11.8 Å². The topological polar surface area (TPSA) is 15.6 Å². The summed E-state index contributed by atoms with van der Waals surface area (Å²) in [5, 5.41) is 1.14. The lowest BCUT2D eigenvalue weighted by Crippen LogP contribution is -2.19. The summed E-state index contributed by atoms with van der Waals surface area (Å²) < 4.78 is 0. The standard InChI is InChI=1S/C17H14N2S.BrH/c1-3-7-13(8-4-1)15-16(14-9-5-2-6-10-14)20-17-18-11-12-19(15)17;/h1-10H,11-12H2;1H. The van der Waals surface area contributed by atoms with Crippen LogP contribution in [0.3, 0.4) is 0 Å². The zero-order valence-electron chi connectivity index (χ0n) is 11.4. The normalized spacial score (nSPS) is 16.6. The van der Waals surface area contributed by atoms with Crippen LogP contribution in [-0.2, 0) is 0 Å². The smallest absolute Gasteiger partial charge is 0.168 e. The first-order valence-electron chi connectivity index (χ1n) is 6.78. The molecule has 2 nitrogen and oxygen atoms in total. The average molecular weight is 359 g/mol. The highest BCUT2D eigenvalue weighted by Crippen LogP contribution is 2.46. The van der Waals surface area contributed by atoms with Gasteiger partial charge in [-0.05, 0) is 22.9 Å². The van der Waals surface area contributed by atoms with Crippen molar-refractivity contribution in [3.05, 3.63) is 71.8 Å². The fraction of sp³-hybridized carbons (Fsp3) is 0.118. The van der Waals surface area contributed by atoms with Crippen molar-refractivity contribution >= 4 is 44.5 Å². The van der Waals surface area contributed by atoms with Crippen molar-refractivity contribution in [2.45, 2.75) is 0 Å². The van der Waals surface area contributed by atoms with Crippen molar-refractivity contribution < 1.29 is 0 Å². The van der Waals surface area contributed by atoms with Crippen LogP contribution in [0.2, 0.25) is 0 Å². The van der Waals surface area contributed by atoms with Crippen LogP contribution in [0.1, 0.15) is 11.1 Å². The Hall–Kier alpha value is -1.52. The lowest BCUT2D eigenvalue weighted by Gasteiger charge is -2.17. The zero-order valence-corrected chi connectivity index (χ0v) is 13.9. The van der Waals surface area contributed by atoms with E-state index in [1.807, 2.05) is 0 Å². The monoisotopic (exact) mass is 358 g/mol. The quantitative estimate of drug-likeness (QED) is 0.784. The van der Waals surface area contributed by atoms with Crippen LogP contribution in [-0.4, -0.2) is 23.2 Å². The number of hydrogen-bond donors (Lipinski definition) is 0. The van der Waals surface area contributed by atoms with Gasteiger partial charge in [0.2, 0.25) is 0 Å². The van der Waals surface area contributed by atoms with Gasteiger partial charge in [0.25, 0.3) is 0 Å². The highest BCUT2D eigenvalue weighted by atomic mass is 79.9. The average Bonchev–Trinajstić information content (AvgIpc) is 3.09. The largest absolute Gasteiger partial charge is 0.317 e. The number of halogens is 1. The number of aliphatic imine (C=N–C) groups is 1. The summed E-state index contributed by atoms with van der Waals surface area (Å²) in [6, 6.07) is 21.2. The van der Waals surface area contributed by atoms with Gasteiger partial charge in [-0.1, -0.05) is 60.7 Å². The van der Waals surface area contributed by atoms with Crippen LogP contribution in [0.5, 0.6) is 0 Å². The van der Waals surface area contributed by atoms with Crippen molar-refractivity contribution in [2.24, 2.45) is 4.99 Å². The van der Waals surface area contributed by atoms with Gasteiger partial charge < -0.3 is 4.90 Å². The zero-order chi connectivity index (χ0) is 13.4. The third-order valence-corrected chi connectivity index (χ3v) is 4.73. The summed E-state index contributed by atoms with van der Waals surface area (Å²) in [4.78, 5) is 8.28. The summed E-state index contributed by atoms with van der Waals surface area (Å²) in [5.74, 6) is 0. The summed E-state index contributed by atoms with van der Waals surface area (Å²) in [5.41, 5.74) is 3.84. The second-order valence-electron chi connectivity index (χ2n) is 4.83. The van der Waals surface area contributed by atoms with Crippen LogP contribution >= 0.6 is 28.7 Å². The number of hydrogen-bond acceptors (Lipinski definition) is 3. The molecule has 0 amide bonds. The van der Waals surface area contributed by atoms with Gasteiger partial charge in [-0.3, -0.25) is 4.99 Å². The second-order valence-corrected chi connectivity index (χ2v) is 5.81. The molecule has 0 saturated heterocycles. The van der Waals surface area contributed by atoms with Crippen molar-refractivity contribution in [3.63, 3.8) is 0 Å². The molecule has 0 spiro atoms. The molecule has 106 valence electrons. The van der Waals surface area contributed by atoms with Crippen LogP contribution in [0.4, 0.5) is 0 Å². The predicted molar refractivity (Wildman–Crippen MR) is 96.6 cm³/mol. The first kappa shape index (κ1) is 14.4. The molecule has 0 bridgehead atoms.